The van der Waals surface area contributed by atoms with Crippen molar-refractivity contribution in [3.05, 3.63) is 62.5 Å². The number of para-hydroxylation sites is 1. The lowest BCUT2D eigenvalue weighted by Crippen LogP contribution is -2.28. The van der Waals surface area contributed by atoms with Crippen LogP contribution in [0.4, 0.5) is 10.5 Å². The van der Waals surface area contributed by atoms with E-state index in [0.29, 0.717) is 33.5 Å². The molecule has 140 valence electrons. The average Bonchev–Trinajstić information content (AvgIpc) is 3.37. The number of thiophene rings is 2. The lowest BCUT2D eigenvalue weighted by molar-refractivity contribution is 0.104. The molecule has 6 nitrogen and oxygen atoms in total. The molecule has 3 aromatic rings. The van der Waals surface area contributed by atoms with Crippen molar-refractivity contribution in [1.82, 2.24) is 5.32 Å². The van der Waals surface area contributed by atoms with Gasteiger partial charge in [0, 0.05) is 4.88 Å². The van der Waals surface area contributed by atoms with Crippen LogP contribution in [0, 0.1) is 0 Å². The first kappa shape index (κ1) is 18.9. The highest BCUT2D eigenvalue weighted by molar-refractivity contribution is 7.16. The molecule has 2 amide bonds. The third kappa shape index (κ3) is 4.47. The van der Waals surface area contributed by atoms with Gasteiger partial charge in [-0.05, 0) is 35.7 Å². The van der Waals surface area contributed by atoms with Crippen molar-refractivity contribution in [3.63, 3.8) is 0 Å². The fourth-order valence-corrected chi connectivity index (χ4v) is 4.09. The smallest absolute Gasteiger partial charge is 0.319 e. The Morgan fingerprint density at radius 1 is 1.00 bits per heavy atom. The van der Waals surface area contributed by atoms with Gasteiger partial charge in [-0.25, -0.2) is 4.79 Å². The molecule has 0 fully saturated rings. The topological polar surface area (TPSA) is 76.7 Å². The molecule has 1 aromatic carbocycles. The Morgan fingerprint density at radius 2 is 1.85 bits per heavy atom. The van der Waals surface area contributed by atoms with E-state index in [1.165, 1.54) is 36.9 Å². The summed E-state index contributed by atoms with van der Waals surface area (Å²) in [5, 5.41) is 7.40. The van der Waals surface area contributed by atoms with Crippen molar-refractivity contribution >= 4 is 40.2 Å². The number of anilines is 1. The summed E-state index contributed by atoms with van der Waals surface area (Å²) in [7, 11) is 3.05. The van der Waals surface area contributed by atoms with Crippen LogP contribution in [0.25, 0.3) is 0 Å². The average molecular weight is 402 g/mol. The molecule has 0 spiro atoms. The van der Waals surface area contributed by atoms with Crippen LogP contribution >= 0.6 is 22.7 Å². The van der Waals surface area contributed by atoms with Gasteiger partial charge >= 0.3 is 6.03 Å². The number of benzene rings is 1. The molecular formula is C19H18N2O4S2. The predicted molar refractivity (Wildman–Crippen MR) is 107 cm³/mol. The number of ketones is 1. The van der Waals surface area contributed by atoms with Gasteiger partial charge in [0.2, 0.25) is 5.78 Å². The van der Waals surface area contributed by atoms with E-state index >= 15 is 0 Å². The highest BCUT2D eigenvalue weighted by Crippen LogP contribution is 2.34. The van der Waals surface area contributed by atoms with Gasteiger partial charge in [0.1, 0.15) is 0 Å². The zero-order chi connectivity index (χ0) is 19.2. The van der Waals surface area contributed by atoms with Gasteiger partial charge in [0.05, 0.1) is 36.2 Å². The fourth-order valence-electron chi connectivity index (χ4n) is 2.44. The maximum absolute atomic E-state index is 12.3. The maximum atomic E-state index is 12.3. The van der Waals surface area contributed by atoms with E-state index in [0.717, 1.165) is 4.88 Å². The van der Waals surface area contributed by atoms with E-state index in [9.17, 15) is 9.59 Å². The summed E-state index contributed by atoms with van der Waals surface area (Å²) in [5.41, 5.74) is 0.508. The van der Waals surface area contributed by atoms with Crippen LogP contribution in [0.2, 0.25) is 0 Å². The minimum atomic E-state index is -0.374. The lowest BCUT2D eigenvalue weighted by atomic mass is 10.2. The number of carbonyl (C=O) groups is 2. The molecule has 0 bridgehead atoms. The standard InChI is InChI=1S/C19H18N2O4S2/c1-24-14-6-3-5-13(18(14)25-2)21-19(23)20-11-12-8-9-16(27-12)17(22)15-7-4-10-26-15/h3-10H,11H2,1-2H3,(H2,20,21,23). The van der Waals surface area contributed by atoms with E-state index in [-0.39, 0.29) is 11.8 Å². The number of nitrogens with one attached hydrogen (secondary N) is 2. The third-order valence-corrected chi connectivity index (χ3v) is 5.66. The zero-order valence-corrected chi connectivity index (χ0v) is 16.4. The van der Waals surface area contributed by atoms with Crippen LogP contribution in [0.3, 0.4) is 0 Å². The molecule has 27 heavy (non-hydrogen) atoms. The van der Waals surface area contributed by atoms with Crippen LogP contribution in [-0.2, 0) is 6.54 Å². The number of urea groups is 1. The van der Waals surface area contributed by atoms with Crippen LogP contribution in [-0.4, -0.2) is 26.0 Å². The molecule has 0 saturated carbocycles. The summed E-state index contributed by atoms with van der Waals surface area (Å²) in [6.07, 6.45) is 0. The Bertz CT molecular complexity index is 935. The number of methoxy groups -OCH3 is 2. The first-order chi connectivity index (χ1) is 13.1. The molecule has 2 aromatic heterocycles. The van der Waals surface area contributed by atoms with Gasteiger partial charge in [0.15, 0.2) is 11.5 Å². The minimum absolute atomic E-state index is 0.00631. The molecule has 0 atom stereocenters. The molecule has 0 aliphatic carbocycles. The van der Waals surface area contributed by atoms with Gasteiger partial charge in [-0.2, -0.15) is 0 Å². The number of carbonyl (C=O) groups excluding carboxylic acids is 2. The Hall–Kier alpha value is -2.84. The van der Waals surface area contributed by atoms with Gasteiger partial charge in [0.25, 0.3) is 0 Å². The molecule has 0 aliphatic heterocycles. The largest absolute Gasteiger partial charge is 0.493 e. The molecule has 3 rings (SSSR count). The van der Waals surface area contributed by atoms with Gasteiger partial charge < -0.3 is 20.1 Å². The van der Waals surface area contributed by atoms with Crippen LogP contribution in [0.1, 0.15) is 19.4 Å². The number of rotatable bonds is 7. The van der Waals surface area contributed by atoms with E-state index < -0.39 is 0 Å². The fraction of sp³-hybridized carbons (Fsp3) is 0.158. The monoisotopic (exact) mass is 402 g/mol. The van der Waals surface area contributed by atoms with Crippen molar-refractivity contribution < 1.29 is 19.1 Å². The van der Waals surface area contributed by atoms with E-state index in [1.807, 2.05) is 17.5 Å². The van der Waals surface area contributed by atoms with Crippen molar-refractivity contribution in [2.75, 3.05) is 19.5 Å². The van der Waals surface area contributed by atoms with Gasteiger partial charge in [-0.3, -0.25) is 4.79 Å². The highest BCUT2D eigenvalue weighted by Gasteiger charge is 2.14. The van der Waals surface area contributed by atoms with Crippen LogP contribution in [0.15, 0.2) is 47.8 Å². The summed E-state index contributed by atoms with van der Waals surface area (Å²) in [5.74, 6) is 0.993. The van der Waals surface area contributed by atoms with Crippen LogP contribution in [0.5, 0.6) is 11.5 Å². The van der Waals surface area contributed by atoms with E-state index in [4.69, 9.17) is 9.47 Å². The molecule has 0 saturated heterocycles. The van der Waals surface area contributed by atoms with Crippen molar-refractivity contribution in [2.24, 2.45) is 0 Å². The molecule has 8 heteroatoms. The zero-order valence-electron chi connectivity index (χ0n) is 14.8. The number of hydrogen-bond donors (Lipinski definition) is 2. The molecule has 0 radical (unpaired) electrons. The summed E-state index contributed by atoms with van der Waals surface area (Å²) >= 11 is 2.79. The lowest BCUT2D eigenvalue weighted by Gasteiger charge is -2.13. The SMILES string of the molecule is COc1cccc(NC(=O)NCc2ccc(C(=O)c3cccs3)s2)c1OC. The molecule has 2 N–H and O–H groups in total. The third-order valence-electron chi connectivity index (χ3n) is 3.70. The highest BCUT2D eigenvalue weighted by atomic mass is 32.1. The van der Waals surface area contributed by atoms with E-state index in [2.05, 4.69) is 10.6 Å². The number of hydrogen-bond acceptors (Lipinski definition) is 6. The molecule has 2 heterocycles. The summed E-state index contributed by atoms with van der Waals surface area (Å²) in [4.78, 5) is 26.8. The van der Waals surface area contributed by atoms with Gasteiger partial charge in [-0.15, -0.1) is 22.7 Å². The van der Waals surface area contributed by atoms with Crippen LogP contribution < -0.4 is 20.1 Å². The second-order valence-electron chi connectivity index (χ2n) is 5.42. The Balaban J connectivity index is 1.60. The van der Waals surface area contributed by atoms with Crippen molar-refractivity contribution in [1.29, 1.82) is 0 Å². The van der Waals surface area contributed by atoms with Crippen molar-refractivity contribution in [2.45, 2.75) is 6.54 Å². The second kappa shape index (κ2) is 8.70. The Kier molecular flexibility index (Phi) is 6.10. The second-order valence-corrected chi connectivity index (χ2v) is 7.54. The molecule has 0 unspecified atom stereocenters. The normalized spacial score (nSPS) is 10.3. The van der Waals surface area contributed by atoms with Crippen molar-refractivity contribution in [3.8, 4) is 11.5 Å². The Morgan fingerprint density at radius 3 is 2.56 bits per heavy atom. The summed E-state index contributed by atoms with van der Waals surface area (Å²) in [6, 6.07) is 12.2. The maximum Gasteiger partial charge on any atom is 0.319 e. The number of amides is 2. The quantitative estimate of drug-likeness (QED) is 0.575. The van der Waals surface area contributed by atoms with E-state index in [1.54, 1.807) is 30.3 Å². The first-order valence-corrected chi connectivity index (χ1v) is 9.74. The minimum Gasteiger partial charge on any atom is -0.493 e. The Labute approximate surface area is 164 Å². The summed E-state index contributed by atoms with van der Waals surface area (Å²) in [6.45, 7) is 0.320. The van der Waals surface area contributed by atoms with Gasteiger partial charge in [-0.1, -0.05) is 12.1 Å². The molecular weight excluding hydrogens is 384 g/mol. The molecule has 0 aliphatic rings. The predicted octanol–water partition coefficient (Wildman–Crippen LogP) is 4.38. The first-order valence-electron chi connectivity index (χ1n) is 8.05. The number of ether oxygens (including phenoxy) is 2. The summed E-state index contributed by atoms with van der Waals surface area (Å²) < 4.78 is 10.5.